The van der Waals surface area contributed by atoms with Crippen LogP contribution in [-0.2, 0) is 4.79 Å². The first kappa shape index (κ1) is 22.2. The first-order valence-corrected chi connectivity index (χ1v) is 12.9. The van der Waals surface area contributed by atoms with Crippen molar-refractivity contribution >= 4 is 11.5 Å². The largest absolute Gasteiger partial charge is 0.392 e. The van der Waals surface area contributed by atoms with Gasteiger partial charge in [-0.2, -0.15) is 0 Å². The van der Waals surface area contributed by atoms with Gasteiger partial charge in [0.1, 0.15) is 0 Å². The second kappa shape index (κ2) is 8.01. The normalized spacial score (nSPS) is 41.0. The second-order valence-electron chi connectivity index (χ2n) is 12.0. The summed E-state index contributed by atoms with van der Waals surface area (Å²) in [6, 6.07) is 9.76. The Kier molecular flexibility index (Phi) is 5.55. The molecule has 0 radical (unpaired) electrons. The van der Waals surface area contributed by atoms with Crippen LogP contribution in [0.4, 0.5) is 5.69 Å². The van der Waals surface area contributed by atoms with Crippen LogP contribution in [0.3, 0.4) is 0 Å². The standard InChI is InChI=1S/C29H41NO2/c1-17(2)30(5)21-9-6-19(7-10-21)25-16-29(4)26(14-18(3)28(29)32)24-12-8-20-15-22(31)11-13-23(20)27(24)25/h6-7,9-10,15,17-18,23-28,32H,8,11-14,16H2,1-5H3. The van der Waals surface area contributed by atoms with Crippen LogP contribution in [0.2, 0.25) is 0 Å². The summed E-state index contributed by atoms with van der Waals surface area (Å²) in [4.78, 5) is 14.5. The number of allylic oxidation sites excluding steroid dienone is 1. The minimum Gasteiger partial charge on any atom is -0.392 e. The van der Waals surface area contributed by atoms with Crippen molar-refractivity contribution in [1.29, 1.82) is 0 Å². The lowest BCUT2D eigenvalue weighted by Gasteiger charge is -2.57. The highest BCUT2D eigenvalue weighted by atomic mass is 16.3. The number of rotatable bonds is 3. The van der Waals surface area contributed by atoms with Gasteiger partial charge in [-0.1, -0.05) is 31.6 Å². The molecule has 4 aliphatic carbocycles. The molecule has 1 aromatic rings. The molecule has 1 aromatic carbocycles. The van der Waals surface area contributed by atoms with Gasteiger partial charge in [-0.25, -0.2) is 0 Å². The maximum atomic E-state index is 12.2. The monoisotopic (exact) mass is 435 g/mol. The molecule has 3 heteroatoms. The SMILES string of the molecule is CC1CC2C3CCC4=CC(=O)CCC4C3C(c3ccc(N(C)C(C)C)cc3)CC2(C)C1O. The third kappa shape index (κ3) is 3.38. The fourth-order valence-corrected chi connectivity index (χ4v) is 8.25. The highest BCUT2D eigenvalue weighted by Crippen LogP contribution is 2.66. The van der Waals surface area contributed by atoms with E-state index in [1.165, 1.54) is 23.2 Å². The lowest BCUT2D eigenvalue weighted by molar-refractivity contribution is -0.116. The number of carbonyl (C=O) groups is 1. The van der Waals surface area contributed by atoms with E-state index in [2.05, 4.69) is 63.9 Å². The van der Waals surface area contributed by atoms with Gasteiger partial charge < -0.3 is 10.0 Å². The Bertz CT molecular complexity index is 902. The van der Waals surface area contributed by atoms with Crippen molar-refractivity contribution in [2.24, 2.45) is 35.0 Å². The molecule has 174 valence electrons. The number of benzene rings is 1. The van der Waals surface area contributed by atoms with E-state index in [1.54, 1.807) is 0 Å². The predicted octanol–water partition coefficient (Wildman–Crippen LogP) is 5.97. The molecule has 0 amide bonds. The van der Waals surface area contributed by atoms with Crippen LogP contribution in [0.5, 0.6) is 0 Å². The van der Waals surface area contributed by atoms with Crippen LogP contribution in [0, 0.1) is 35.0 Å². The van der Waals surface area contributed by atoms with Gasteiger partial charge in [0.05, 0.1) is 6.10 Å². The van der Waals surface area contributed by atoms with E-state index < -0.39 is 0 Å². The van der Waals surface area contributed by atoms with E-state index >= 15 is 0 Å². The van der Waals surface area contributed by atoms with Crippen LogP contribution >= 0.6 is 0 Å². The Morgan fingerprint density at radius 3 is 2.50 bits per heavy atom. The molecule has 8 atom stereocenters. The highest BCUT2D eigenvalue weighted by molar-refractivity contribution is 5.91. The summed E-state index contributed by atoms with van der Waals surface area (Å²) in [5.41, 5.74) is 4.14. The number of hydrogen-bond acceptors (Lipinski definition) is 3. The third-order valence-electron chi connectivity index (χ3n) is 10.1. The van der Waals surface area contributed by atoms with Crippen LogP contribution in [0.25, 0.3) is 0 Å². The summed E-state index contributed by atoms with van der Waals surface area (Å²) in [5.74, 6) is 3.60. The molecule has 4 aliphatic rings. The second-order valence-corrected chi connectivity index (χ2v) is 12.0. The van der Waals surface area contributed by atoms with Crippen LogP contribution in [0.1, 0.15) is 77.7 Å². The van der Waals surface area contributed by atoms with Crippen molar-refractivity contribution in [3.05, 3.63) is 41.5 Å². The van der Waals surface area contributed by atoms with Crippen LogP contribution in [0.15, 0.2) is 35.9 Å². The molecule has 3 fully saturated rings. The lowest BCUT2D eigenvalue weighted by atomic mass is 9.48. The van der Waals surface area contributed by atoms with Crippen molar-refractivity contribution in [3.63, 3.8) is 0 Å². The van der Waals surface area contributed by atoms with Gasteiger partial charge in [-0.15, -0.1) is 0 Å². The topological polar surface area (TPSA) is 40.5 Å². The van der Waals surface area contributed by atoms with E-state index in [-0.39, 0.29) is 11.5 Å². The molecule has 32 heavy (non-hydrogen) atoms. The summed E-state index contributed by atoms with van der Waals surface area (Å²) in [5, 5.41) is 11.3. The highest BCUT2D eigenvalue weighted by Gasteiger charge is 2.61. The van der Waals surface area contributed by atoms with Crippen LogP contribution < -0.4 is 4.90 Å². The molecule has 3 saturated carbocycles. The molecule has 0 aliphatic heterocycles. The molecule has 0 spiro atoms. The number of carbonyl (C=O) groups excluding carboxylic acids is 1. The van der Waals surface area contributed by atoms with Gasteiger partial charge in [-0.3, -0.25) is 4.79 Å². The average Bonchev–Trinajstić information content (AvgIpc) is 3.01. The minimum absolute atomic E-state index is 0.00432. The van der Waals surface area contributed by atoms with Gasteiger partial charge in [0.15, 0.2) is 5.78 Å². The molecule has 5 rings (SSSR count). The molecule has 8 unspecified atom stereocenters. The first-order chi connectivity index (χ1) is 15.2. The maximum Gasteiger partial charge on any atom is 0.155 e. The zero-order chi connectivity index (χ0) is 22.8. The van der Waals surface area contributed by atoms with Gasteiger partial charge in [0, 0.05) is 25.2 Å². The summed E-state index contributed by atoms with van der Waals surface area (Å²) >= 11 is 0. The van der Waals surface area contributed by atoms with Gasteiger partial charge >= 0.3 is 0 Å². The van der Waals surface area contributed by atoms with Crippen molar-refractivity contribution < 1.29 is 9.90 Å². The summed E-state index contributed by atoms with van der Waals surface area (Å²) in [7, 11) is 2.16. The van der Waals surface area contributed by atoms with E-state index in [4.69, 9.17) is 0 Å². The first-order valence-electron chi connectivity index (χ1n) is 12.9. The molecule has 3 nitrogen and oxygen atoms in total. The smallest absolute Gasteiger partial charge is 0.155 e. The molecular weight excluding hydrogens is 394 g/mol. The summed E-state index contributed by atoms with van der Waals surface area (Å²) in [6.45, 7) is 9.08. The zero-order valence-electron chi connectivity index (χ0n) is 20.6. The number of aliphatic hydroxyl groups excluding tert-OH is 1. The minimum atomic E-state index is -0.202. The Labute approximate surface area is 194 Å². The summed E-state index contributed by atoms with van der Waals surface area (Å²) < 4.78 is 0. The van der Waals surface area contributed by atoms with E-state index in [9.17, 15) is 9.90 Å². The summed E-state index contributed by atoms with van der Waals surface area (Å²) in [6.07, 6.45) is 8.04. The number of ketones is 1. The zero-order valence-corrected chi connectivity index (χ0v) is 20.6. The molecule has 0 bridgehead atoms. The molecule has 1 N–H and O–H groups in total. The van der Waals surface area contributed by atoms with Crippen molar-refractivity contribution in [2.45, 2.75) is 84.3 Å². The quantitative estimate of drug-likeness (QED) is 0.635. The maximum absolute atomic E-state index is 12.2. The third-order valence-corrected chi connectivity index (χ3v) is 10.1. The van der Waals surface area contributed by atoms with Gasteiger partial charge in [0.2, 0.25) is 0 Å². The number of hydrogen-bond donors (Lipinski definition) is 1. The van der Waals surface area contributed by atoms with Crippen molar-refractivity contribution in [1.82, 2.24) is 0 Å². The Morgan fingerprint density at radius 1 is 1.09 bits per heavy atom. The molecule has 0 saturated heterocycles. The van der Waals surface area contributed by atoms with Crippen LogP contribution in [-0.4, -0.2) is 30.1 Å². The fraction of sp³-hybridized carbons (Fsp3) is 0.690. The number of nitrogens with zero attached hydrogens (tertiary/aromatic N) is 1. The van der Waals surface area contributed by atoms with E-state index in [0.29, 0.717) is 53.8 Å². The Balaban J connectivity index is 1.55. The lowest BCUT2D eigenvalue weighted by Crippen LogP contribution is -2.51. The number of anilines is 1. The number of aliphatic hydroxyl groups is 1. The Hall–Kier alpha value is -1.61. The van der Waals surface area contributed by atoms with E-state index in [0.717, 1.165) is 25.7 Å². The van der Waals surface area contributed by atoms with Crippen molar-refractivity contribution in [2.75, 3.05) is 11.9 Å². The predicted molar refractivity (Wildman–Crippen MR) is 131 cm³/mol. The molecular formula is C29H41NO2. The fourth-order valence-electron chi connectivity index (χ4n) is 8.25. The van der Waals surface area contributed by atoms with Gasteiger partial charge in [-0.05, 0) is 111 Å². The Morgan fingerprint density at radius 2 is 1.81 bits per heavy atom. The van der Waals surface area contributed by atoms with E-state index in [1.807, 2.05) is 6.08 Å². The van der Waals surface area contributed by atoms with Crippen molar-refractivity contribution in [3.8, 4) is 0 Å². The van der Waals surface area contributed by atoms with Gasteiger partial charge in [0.25, 0.3) is 0 Å². The molecule has 0 heterocycles. The number of fused-ring (bicyclic) bond motifs is 5. The average molecular weight is 436 g/mol. The molecule has 0 aromatic heterocycles.